The van der Waals surface area contributed by atoms with E-state index >= 15 is 0 Å². The summed E-state index contributed by atoms with van der Waals surface area (Å²) in [6, 6.07) is 5.89. The van der Waals surface area contributed by atoms with Crippen molar-refractivity contribution in [1.82, 2.24) is 10.1 Å². The van der Waals surface area contributed by atoms with Gasteiger partial charge in [-0.1, -0.05) is 11.2 Å². The number of esters is 1. The van der Waals surface area contributed by atoms with Gasteiger partial charge in [-0.3, -0.25) is 9.59 Å². The van der Waals surface area contributed by atoms with Crippen LogP contribution in [0.4, 0.5) is 0 Å². The third-order valence-electron chi connectivity index (χ3n) is 5.45. The Hall–Kier alpha value is -2.83. The average molecular weight is 400 g/mol. The second-order valence-corrected chi connectivity index (χ2v) is 7.42. The van der Waals surface area contributed by atoms with Crippen LogP contribution < -0.4 is 4.74 Å². The number of nitrogens with zero attached hydrogens (tertiary/aromatic N) is 2. The number of carbonyl (C=O) groups excluding carboxylic acids is 2. The first-order chi connectivity index (χ1) is 13.9. The molecule has 0 atom stereocenters. The number of ether oxygens (including phenoxy) is 2. The van der Waals surface area contributed by atoms with Gasteiger partial charge in [0.1, 0.15) is 18.1 Å². The van der Waals surface area contributed by atoms with Crippen molar-refractivity contribution < 1.29 is 23.6 Å². The molecule has 7 heteroatoms. The molecular weight excluding hydrogens is 372 g/mol. The van der Waals surface area contributed by atoms with Crippen LogP contribution in [-0.4, -0.2) is 41.6 Å². The normalized spacial score (nSPS) is 14.7. The van der Waals surface area contributed by atoms with Crippen molar-refractivity contribution in [2.75, 3.05) is 19.7 Å². The Balaban J connectivity index is 1.65. The van der Waals surface area contributed by atoms with Crippen LogP contribution in [0.3, 0.4) is 0 Å². The highest BCUT2D eigenvalue weighted by Gasteiger charge is 2.31. The predicted octanol–water partition coefficient (Wildman–Crippen LogP) is 3.59. The molecule has 0 aliphatic carbocycles. The second-order valence-electron chi connectivity index (χ2n) is 7.42. The first-order valence-corrected chi connectivity index (χ1v) is 10.0. The minimum absolute atomic E-state index is 0.148. The lowest BCUT2D eigenvalue weighted by Gasteiger charge is -2.30. The van der Waals surface area contributed by atoms with Crippen molar-refractivity contribution in [2.24, 2.45) is 5.92 Å². The number of carbonyl (C=O) groups is 2. The third kappa shape index (κ3) is 4.78. The van der Waals surface area contributed by atoms with E-state index in [0.29, 0.717) is 43.9 Å². The molecule has 7 nitrogen and oxygen atoms in total. The van der Waals surface area contributed by atoms with Crippen molar-refractivity contribution in [3.8, 4) is 5.75 Å². The van der Waals surface area contributed by atoms with E-state index in [2.05, 4.69) is 5.16 Å². The first-order valence-electron chi connectivity index (χ1n) is 10.0. The molecule has 2 heterocycles. The molecule has 1 fully saturated rings. The Labute approximate surface area is 171 Å². The summed E-state index contributed by atoms with van der Waals surface area (Å²) in [5, 5.41) is 3.98. The fourth-order valence-electron chi connectivity index (χ4n) is 3.42. The topological polar surface area (TPSA) is 81.9 Å². The number of rotatable bonds is 6. The highest BCUT2D eigenvalue weighted by Crippen LogP contribution is 2.24. The number of aromatic nitrogens is 1. The number of piperidine rings is 1. The van der Waals surface area contributed by atoms with Crippen molar-refractivity contribution in [2.45, 2.75) is 47.1 Å². The van der Waals surface area contributed by atoms with Crippen LogP contribution in [0.15, 0.2) is 22.7 Å². The van der Waals surface area contributed by atoms with Gasteiger partial charge in [-0.05, 0) is 63.8 Å². The minimum atomic E-state index is -0.192. The summed E-state index contributed by atoms with van der Waals surface area (Å²) in [7, 11) is 0. The fourth-order valence-corrected chi connectivity index (χ4v) is 3.42. The summed E-state index contributed by atoms with van der Waals surface area (Å²) >= 11 is 0. The van der Waals surface area contributed by atoms with E-state index in [4.69, 9.17) is 14.0 Å². The lowest BCUT2D eigenvalue weighted by Crippen LogP contribution is -2.41. The van der Waals surface area contributed by atoms with Gasteiger partial charge in [0.05, 0.1) is 18.1 Å². The van der Waals surface area contributed by atoms with Crippen LogP contribution in [0.5, 0.6) is 5.75 Å². The van der Waals surface area contributed by atoms with Gasteiger partial charge in [-0.15, -0.1) is 0 Å². The van der Waals surface area contributed by atoms with E-state index in [1.54, 1.807) is 18.7 Å². The summed E-state index contributed by atoms with van der Waals surface area (Å²) in [5.41, 5.74) is 3.27. The molecule has 1 aromatic carbocycles. The van der Waals surface area contributed by atoms with E-state index in [0.717, 1.165) is 11.3 Å². The van der Waals surface area contributed by atoms with E-state index in [9.17, 15) is 9.59 Å². The Kier molecular flexibility index (Phi) is 6.56. The van der Waals surface area contributed by atoms with Crippen LogP contribution >= 0.6 is 0 Å². The molecule has 0 radical (unpaired) electrons. The summed E-state index contributed by atoms with van der Waals surface area (Å²) in [5.74, 6) is 0.786. The largest absolute Gasteiger partial charge is 0.489 e. The van der Waals surface area contributed by atoms with Gasteiger partial charge in [0.25, 0.3) is 5.91 Å². The third-order valence-corrected chi connectivity index (χ3v) is 5.45. The summed E-state index contributed by atoms with van der Waals surface area (Å²) in [6.45, 7) is 9.21. The summed E-state index contributed by atoms with van der Waals surface area (Å²) < 4.78 is 16.3. The Morgan fingerprint density at radius 3 is 2.55 bits per heavy atom. The lowest BCUT2D eigenvalue weighted by molar-refractivity contribution is -0.149. The molecular formula is C22H28N2O5. The number of hydrogen-bond donors (Lipinski definition) is 0. The van der Waals surface area contributed by atoms with E-state index in [1.165, 1.54) is 5.56 Å². The molecule has 3 rings (SSSR count). The molecule has 0 N–H and O–H groups in total. The first kappa shape index (κ1) is 20.9. The molecule has 156 valence electrons. The average Bonchev–Trinajstić information content (AvgIpc) is 3.09. The fraction of sp³-hybridized carbons (Fsp3) is 0.500. The maximum absolute atomic E-state index is 13.0. The van der Waals surface area contributed by atoms with Gasteiger partial charge in [-0.2, -0.15) is 0 Å². The SMILES string of the molecule is CCOC(=O)C1CCN(C(=O)c2noc(C)c2COc2ccc(C)c(C)c2)CC1. The van der Waals surface area contributed by atoms with Crippen molar-refractivity contribution in [1.29, 1.82) is 0 Å². The maximum atomic E-state index is 13.0. The van der Waals surface area contributed by atoms with Gasteiger partial charge in [0.2, 0.25) is 0 Å². The van der Waals surface area contributed by atoms with Crippen LogP contribution in [-0.2, 0) is 16.1 Å². The Morgan fingerprint density at radius 2 is 1.90 bits per heavy atom. The molecule has 1 aliphatic heterocycles. The van der Waals surface area contributed by atoms with Crippen LogP contribution in [0.2, 0.25) is 0 Å². The number of likely N-dealkylation sites (tertiary alicyclic amines) is 1. The van der Waals surface area contributed by atoms with Gasteiger partial charge in [0, 0.05) is 13.1 Å². The predicted molar refractivity (Wildman–Crippen MR) is 107 cm³/mol. The number of amides is 1. The standard InChI is InChI=1S/C22H28N2O5/c1-5-27-22(26)17-8-10-24(11-9-17)21(25)20-19(16(4)29-23-20)13-28-18-7-6-14(2)15(3)12-18/h6-7,12,17H,5,8-11,13H2,1-4H3. The maximum Gasteiger partial charge on any atom is 0.309 e. The molecule has 1 aliphatic rings. The summed E-state index contributed by atoms with van der Waals surface area (Å²) in [6.07, 6.45) is 1.19. The van der Waals surface area contributed by atoms with Crippen molar-refractivity contribution >= 4 is 11.9 Å². The van der Waals surface area contributed by atoms with Crippen LogP contribution in [0, 0.1) is 26.7 Å². The molecule has 1 aromatic heterocycles. The monoisotopic (exact) mass is 400 g/mol. The number of aryl methyl sites for hydroxylation is 3. The van der Waals surface area contributed by atoms with Crippen LogP contribution in [0.25, 0.3) is 0 Å². The van der Waals surface area contributed by atoms with E-state index in [1.807, 2.05) is 32.0 Å². The van der Waals surface area contributed by atoms with E-state index < -0.39 is 0 Å². The van der Waals surface area contributed by atoms with Gasteiger partial charge in [-0.25, -0.2) is 0 Å². The zero-order valence-corrected chi connectivity index (χ0v) is 17.5. The second kappa shape index (κ2) is 9.11. The van der Waals surface area contributed by atoms with Crippen molar-refractivity contribution in [3.05, 3.63) is 46.3 Å². The molecule has 29 heavy (non-hydrogen) atoms. The van der Waals surface area contributed by atoms with Gasteiger partial charge < -0.3 is 18.9 Å². The minimum Gasteiger partial charge on any atom is -0.489 e. The smallest absolute Gasteiger partial charge is 0.309 e. The molecule has 0 spiro atoms. The Morgan fingerprint density at radius 1 is 1.17 bits per heavy atom. The molecule has 1 amide bonds. The summed E-state index contributed by atoms with van der Waals surface area (Å²) in [4.78, 5) is 26.6. The highest BCUT2D eigenvalue weighted by molar-refractivity contribution is 5.94. The zero-order chi connectivity index (χ0) is 21.0. The van der Waals surface area contributed by atoms with Crippen LogP contribution in [0.1, 0.15) is 52.7 Å². The van der Waals surface area contributed by atoms with Gasteiger partial charge >= 0.3 is 5.97 Å². The number of hydrogen-bond acceptors (Lipinski definition) is 6. The quantitative estimate of drug-likeness (QED) is 0.689. The molecule has 2 aromatic rings. The molecule has 0 unspecified atom stereocenters. The highest BCUT2D eigenvalue weighted by atomic mass is 16.5. The Bertz CT molecular complexity index is 881. The van der Waals surface area contributed by atoms with Crippen molar-refractivity contribution in [3.63, 3.8) is 0 Å². The van der Waals surface area contributed by atoms with Gasteiger partial charge in [0.15, 0.2) is 5.69 Å². The zero-order valence-electron chi connectivity index (χ0n) is 17.5. The number of benzene rings is 1. The lowest BCUT2D eigenvalue weighted by atomic mass is 9.96. The molecule has 1 saturated heterocycles. The van der Waals surface area contributed by atoms with E-state index in [-0.39, 0.29) is 30.1 Å². The molecule has 0 bridgehead atoms. The molecule has 0 saturated carbocycles.